The number of carbonyl (C=O) groups excluding carboxylic acids is 2. The van der Waals surface area contributed by atoms with Crippen molar-refractivity contribution in [1.82, 2.24) is 10.6 Å². The second kappa shape index (κ2) is 6.24. The Balaban J connectivity index is 1.74. The number of hydrogen-bond donors (Lipinski definition) is 2. The van der Waals surface area contributed by atoms with Crippen molar-refractivity contribution in [2.45, 2.75) is 19.0 Å². The Morgan fingerprint density at radius 1 is 1.35 bits per heavy atom. The smallest absolute Gasteiger partial charge is 0.296 e. The van der Waals surface area contributed by atoms with Gasteiger partial charge >= 0.3 is 11.3 Å². The van der Waals surface area contributed by atoms with Crippen LogP contribution in [-0.2, 0) is 23.2 Å². The van der Waals surface area contributed by atoms with Gasteiger partial charge in [-0.2, -0.15) is 0 Å². The molecule has 120 valence electrons. The molecule has 0 saturated carbocycles. The molecule has 2 heterocycles. The Bertz CT molecular complexity index is 811. The fourth-order valence-corrected chi connectivity index (χ4v) is 2.78. The first-order valence-electron chi connectivity index (χ1n) is 6.89. The molecule has 3 rings (SSSR count). The maximum Gasteiger partial charge on any atom is 0.431 e. The zero-order valence-corrected chi connectivity index (χ0v) is 14.4. The summed E-state index contributed by atoms with van der Waals surface area (Å²) in [4.78, 5) is 37.3. The Labute approximate surface area is 144 Å². The Morgan fingerprint density at radius 2 is 2.04 bits per heavy atom. The van der Waals surface area contributed by atoms with Crippen LogP contribution in [0.2, 0.25) is 0 Å². The molecule has 1 aliphatic heterocycles. The van der Waals surface area contributed by atoms with Crippen molar-refractivity contribution >= 4 is 40.1 Å². The molecule has 0 radical (unpaired) electrons. The molecule has 23 heavy (non-hydrogen) atoms. The van der Waals surface area contributed by atoms with Crippen LogP contribution < -0.4 is 20.5 Å². The van der Waals surface area contributed by atoms with Crippen LogP contribution in [0.4, 0.5) is 5.69 Å². The fourth-order valence-electron chi connectivity index (χ4n) is 2.42. The number of carbonyl (C=O) groups is 2. The number of benzene rings is 1. The summed E-state index contributed by atoms with van der Waals surface area (Å²) in [6, 6.07) is 6.49. The summed E-state index contributed by atoms with van der Waals surface area (Å²) in [6.45, 7) is 0.131. The number of rotatable bonds is 4. The van der Waals surface area contributed by atoms with E-state index in [2.05, 4.69) is 37.7 Å². The van der Waals surface area contributed by atoms with E-state index in [1.165, 1.54) is 9.58 Å². The van der Waals surface area contributed by atoms with Crippen molar-refractivity contribution in [2.24, 2.45) is 7.05 Å². The van der Waals surface area contributed by atoms with Crippen LogP contribution in [0.15, 0.2) is 33.6 Å². The van der Waals surface area contributed by atoms with E-state index >= 15 is 0 Å². The normalized spacial score (nSPS) is 18.0. The van der Waals surface area contributed by atoms with Gasteiger partial charge in [0.2, 0.25) is 5.91 Å². The number of aromatic nitrogens is 2. The summed E-state index contributed by atoms with van der Waals surface area (Å²) in [5.74, 6) is -0.585. The molecular weight excluding hydrogens is 415 g/mol. The number of hydrogen-bond acceptors (Lipinski definition) is 5. The summed E-state index contributed by atoms with van der Waals surface area (Å²) >= 11 is 2.16. The molecule has 2 aromatic rings. The maximum absolute atomic E-state index is 12.5. The van der Waals surface area contributed by atoms with Gasteiger partial charge < -0.3 is 0 Å². The lowest BCUT2D eigenvalue weighted by Gasteiger charge is -2.15. The SMILES string of the molecule is C[n+]1[nH]oc(=O)c1CNC1CC(=O)N(c2ccc(I)cc2)C1=O. The van der Waals surface area contributed by atoms with Gasteiger partial charge in [0.1, 0.15) is 0 Å². The number of imide groups is 1. The third kappa shape index (κ3) is 3.06. The van der Waals surface area contributed by atoms with Gasteiger partial charge in [0, 0.05) is 3.57 Å². The number of halogens is 1. The highest BCUT2D eigenvalue weighted by atomic mass is 127. The molecule has 1 aromatic carbocycles. The Kier molecular flexibility index (Phi) is 4.31. The molecule has 9 heteroatoms. The number of nitrogens with zero attached hydrogens (tertiary/aromatic N) is 2. The van der Waals surface area contributed by atoms with Crippen LogP contribution in [0.1, 0.15) is 12.1 Å². The van der Waals surface area contributed by atoms with Crippen LogP contribution in [-0.4, -0.2) is 23.1 Å². The molecule has 0 spiro atoms. The lowest BCUT2D eigenvalue weighted by Crippen LogP contribution is -2.43. The first kappa shape index (κ1) is 15.9. The highest BCUT2D eigenvalue weighted by Gasteiger charge is 2.39. The Morgan fingerprint density at radius 3 is 2.65 bits per heavy atom. The minimum atomic E-state index is -0.656. The van der Waals surface area contributed by atoms with Crippen LogP contribution in [0.5, 0.6) is 0 Å². The van der Waals surface area contributed by atoms with Gasteiger partial charge in [0.15, 0.2) is 7.05 Å². The van der Waals surface area contributed by atoms with Crippen molar-refractivity contribution in [3.05, 3.63) is 43.9 Å². The standard InChI is InChI=1S/C14H13IN4O4/c1-18-11(14(22)23-17-18)7-16-10-6-12(20)19(13(10)21)9-4-2-8(15)3-5-9/h2-5,10,16H,6-7H2,1H3/p+1. The van der Waals surface area contributed by atoms with Gasteiger partial charge in [-0.15, -0.1) is 0 Å². The van der Waals surface area contributed by atoms with Gasteiger partial charge in [-0.3, -0.25) is 19.4 Å². The monoisotopic (exact) mass is 429 g/mol. The summed E-state index contributed by atoms with van der Waals surface area (Å²) in [6.07, 6.45) is 0.0598. The molecular formula is C14H14IN4O4+. The number of nitrogens with one attached hydrogen (secondary N) is 2. The number of anilines is 1. The van der Waals surface area contributed by atoms with Crippen molar-refractivity contribution < 1.29 is 18.8 Å². The Hall–Kier alpha value is -2.01. The molecule has 1 atom stereocenters. The molecule has 2 N–H and O–H groups in total. The summed E-state index contributed by atoms with van der Waals surface area (Å²) in [5.41, 5.74) is 0.389. The second-order valence-corrected chi connectivity index (χ2v) is 6.41. The summed E-state index contributed by atoms with van der Waals surface area (Å²) in [7, 11) is 1.63. The van der Waals surface area contributed by atoms with Crippen LogP contribution in [0.3, 0.4) is 0 Å². The summed E-state index contributed by atoms with van der Waals surface area (Å²) in [5, 5.41) is 5.34. The number of aryl methyl sites for hydroxylation is 1. The van der Waals surface area contributed by atoms with Gasteiger partial charge in [-0.25, -0.2) is 9.69 Å². The largest absolute Gasteiger partial charge is 0.431 e. The highest BCUT2D eigenvalue weighted by Crippen LogP contribution is 2.23. The molecule has 0 bridgehead atoms. The average Bonchev–Trinajstić information content (AvgIpc) is 2.98. The van der Waals surface area contributed by atoms with Crippen molar-refractivity contribution in [3.8, 4) is 0 Å². The van der Waals surface area contributed by atoms with Gasteiger partial charge in [-0.1, -0.05) is 4.68 Å². The van der Waals surface area contributed by atoms with Gasteiger partial charge in [0.05, 0.1) is 24.7 Å². The van der Waals surface area contributed by atoms with E-state index in [0.29, 0.717) is 11.4 Å². The zero-order valence-electron chi connectivity index (χ0n) is 12.2. The van der Waals surface area contributed by atoms with E-state index in [0.717, 1.165) is 3.57 Å². The molecule has 1 unspecified atom stereocenters. The molecule has 1 aliphatic rings. The lowest BCUT2D eigenvalue weighted by molar-refractivity contribution is -0.746. The quantitative estimate of drug-likeness (QED) is 0.399. The van der Waals surface area contributed by atoms with E-state index in [1.54, 1.807) is 19.2 Å². The van der Waals surface area contributed by atoms with Crippen LogP contribution >= 0.6 is 22.6 Å². The van der Waals surface area contributed by atoms with Crippen LogP contribution in [0.25, 0.3) is 0 Å². The minimum Gasteiger partial charge on any atom is -0.296 e. The molecule has 1 fully saturated rings. The van der Waals surface area contributed by atoms with Crippen molar-refractivity contribution in [3.63, 3.8) is 0 Å². The predicted molar refractivity (Wildman–Crippen MR) is 87.4 cm³/mol. The fraction of sp³-hybridized carbons (Fsp3) is 0.286. The van der Waals surface area contributed by atoms with Crippen molar-refractivity contribution in [2.75, 3.05) is 4.90 Å². The lowest BCUT2D eigenvalue weighted by atomic mass is 10.2. The molecule has 0 aliphatic carbocycles. The predicted octanol–water partition coefficient (Wildman–Crippen LogP) is -0.181. The van der Waals surface area contributed by atoms with Gasteiger partial charge in [-0.05, 0) is 52.1 Å². The molecule has 1 saturated heterocycles. The minimum absolute atomic E-state index is 0.0598. The number of amides is 2. The molecule has 8 nitrogen and oxygen atoms in total. The zero-order chi connectivity index (χ0) is 16.6. The van der Waals surface area contributed by atoms with E-state index in [4.69, 9.17) is 0 Å². The average molecular weight is 429 g/mol. The summed E-state index contributed by atoms with van der Waals surface area (Å²) < 4.78 is 7.08. The van der Waals surface area contributed by atoms with E-state index in [9.17, 15) is 14.4 Å². The van der Waals surface area contributed by atoms with Crippen molar-refractivity contribution in [1.29, 1.82) is 0 Å². The third-order valence-electron chi connectivity index (χ3n) is 3.66. The first-order valence-corrected chi connectivity index (χ1v) is 7.97. The first-order chi connectivity index (χ1) is 11.0. The van der Waals surface area contributed by atoms with E-state index < -0.39 is 11.7 Å². The van der Waals surface area contributed by atoms with E-state index in [-0.39, 0.29) is 24.8 Å². The highest BCUT2D eigenvalue weighted by molar-refractivity contribution is 14.1. The molecule has 2 amide bonds. The molecule has 1 aromatic heterocycles. The van der Waals surface area contributed by atoms with Gasteiger partial charge in [0.25, 0.3) is 5.91 Å². The van der Waals surface area contributed by atoms with Crippen LogP contribution in [0, 0.1) is 3.57 Å². The number of aromatic amines is 1. The number of H-pyrrole nitrogens is 1. The second-order valence-electron chi connectivity index (χ2n) is 5.17. The third-order valence-corrected chi connectivity index (χ3v) is 4.38. The van der Waals surface area contributed by atoms with E-state index in [1.807, 2.05) is 12.1 Å². The topological polar surface area (TPSA) is 99.3 Å². The maximum atomic E-state index is 12.5.